The van der Waals surface area contributed by atoms with Crippen molar-refractivity contribution in [3.63, 3.8) is 0 Å². The number of ether oxygens (including phenoxy) is 1. The van der Waals surface area contributed by atoms with Gasteiger partial charge in [0.15, 0.2) is 11.6 Å². The largest absolute Gasteiger partial charge is 0.421 e. The molecule has 0 saturated heterocycles. The standard InChI is InChI=1S/C16H15FN4O/c1-10-5-6-19-16(20-10)22-15-4-3-11(7-13(15)17)12-8-21(2)9-14(12)18/h3-9H,18H2,1-2H3. The molecule has 112 valence electrons. The number of aromatic nitrogens is 3. The van der Waals surface area contributed by atoms with Gasteiger partial charge in [-0.15, -0.1) is 0 Å². The SMILES string of the molecule is Cc1ccnc(Oc2ccc(-c3cn(C)cc3N)cc2F)n1. The molecule has 2 heterocycles. The van der Waals surface area contributed by atoms with Crippen molar-refractivity contribution in [2.45, 2.75) is 6.92 Å². The Morgan fingerprint density at radius 1 is 1.23 bits per heavy atom. The van der Waals surface area contributed by atoms with Crippen LogP contribution < -0.4 is 10.5 Å². The smallest absolute Gasteiger partial charge is 0.322 e. The van der Waals surface area contributed by atoms with Crippen LogP contribution in [0.5, 0.6) is 11.8 Å². The van der Waals surface area contributed by atoms with E-state index in [1.54, 1.807) is 30.6 Å². The lowest BCUT2D eigenvalue weighted by atomic mass is 10.1. The van der Waals surface area contributed by atoms with Crippen LogP contribution >= 0.6 is 0 Å². The maximum atomic E-state index is 14.2. The molecule has 0 amide bonds. The highest BCUT2D eigenvalue weighted by molar-refractivity contribution is 5.76. The molecule has 0 fully saturated rings. The highest BCUT2D eigenvalue weighted by Crippen LogP contribution is 2.31. The normalized spacial score (nSPS) is 10.7. The van der Waals surface area contributed by atoms with Crippen LogP contribution in [-0.4, -0.2) is 14.5 Å². The fraction of sp³-hybridized carbons (Fsp3) is 0.125. The van der Waals surface area contributed by atoms with Crippen molar-refractivity contribution in [1.29, 1.82) is 0 Å². The van der Waals surface area contributed by atoms with E-state index in [4.69, 9.17) is 10.5 Å². The highest BCUT2D eigenvalue weighted by atomic mass is 19.1. The van der Waals surface area contributed by atoms with Crippen LogP contribution in [0.25, 0.3) is 11.1 Å². The van der Waals surface area contributed by atoms with E-state index in [-0.39, 0.29) is 11.8 Å². The molecular weight excluding hydrogens is 283 g/mol. The molecular formula is C16H15FN4O. The average Bonchev–Trinajstić information content (AvgIpc) is 2.80. The number of halogens is 1. The first kappa shape index (κ1) is 14.1. The van der Waals surface area contributed by atoms with Gasteiger partial charge in [0.2, 0.25) is 0 Å². The van der Waals surface area contributed by atoms with E-state index in [2.05, 4.69) is 9.97 Å². The van der Waals surface area contributed by atoms with Gasteiger partial charge in [-0.05, 0) is 30.7 Å². The van der Waals surface area contributed by atoms with Crippen LogP contribution in [0.15, 0.2) is 42.9 Å². The summed E-state index contributed by atoms with van der Waals surface area (Å²) in [6.07, 6.45) is 5.18. The molecule has 3 aromatic rings. The molecule has 0 aliphatic carbocycles. The van der Waals surface area contributed by atoms with Crippen molar-refractivity contribution < 1.29 is 9.13 Å². The number of benzene rings is 1. The number of rotatable bonds is 3. The predicted octanol–water partition coefficient (Wildman–Crippen LogP) is 3.30. The highest BCUT2D eigenvalue weighted by Gasteiger charge is 2.11. The molecule has 2 N–H and O–H groups in total. The van der Waals surface area contributed by atoms with Crippen molar-refractivity contribution in [2.24, 2.45) is 7.05 Å². The molecule has 0 aliphatic rings. The lowest BCUT2D eigenvalue weighted by molar-refractivity contribution is 0.410. The van der Waals surface area contributed by atoms with Crippen LogP contribution in [-0.2, 0) is 7.05 Å². The molecule has 0 aliphatic heterocycles. The molecule has 1 aromatic carbocycles. The Morgan fingerprint density at radius 3 is 2.68 bits per heavy atom. The lowest BCUT2D eigenvalue weighted by Gasteiger charge is -2.07. The first-order valence-corrected chi connectivity index (χ1v) is 6.72. The molecule has 0 bridgehead atoms. The lowest BCUT2D eigenvalue weighted by Crippen LogP contribution is -1.95. The summed E-state index contributed by atoms with van der Waals surface area (Å²) in [4.78, 5) is 8.03. The zero-order chi connectivity index (χ0) is 15.7. The minimum absolute atomic E-state index is 0.0730. The third-order valence-corrected chi connectivity index (χ3v) is 3.20. The van der Waals surface area contributed by atoms with Gasteiger partial charge < -0.3 is 15.0 Å². The second-order valence-corrected chi connectivity index (χ2v) is 5.02. The molecule has 0 spiro atoms. The molecule has 2 aromatic heterocycles. The maximum absolute atomic E-state index is 14.2. The van der Waals surface area contributed by atoms with Crippen LogP contribution in [0.2, 0.25) is 0 Å². The zero-order valence-corrected chi connectivity index (χ0v) is 12.2. The predicted molar refractivity (Wildman–Crippen MR) is 82.1 cm³/mol. The Hall–Kier alpha value is -2.89. The monoisotopic (exact) mass is 298 g/mol. The molecule has 0 atom stereocenters. The minimum atomic E-state index is -0.495. The molecule has 6 heteroatoms. The summed E-state index contributed by atoms with van der Waals surface area (Å²) in [7, 11) is 1.86. The van der Waals surface area contributed by atoms with E-state index >= 15 is 0 Å². The summed E-state index contributed by atoms with van der Waals surface area (Å²) < 4.78 is 21.4. The van der Waals surface area contributed by atoms with Crippen LogP contribution in [0, 0.1) is 12.7 Å². The van der Waals surface area contributed by atoms with E-state index in [1.807, 2.05) is 24.7 Å². The number of anilines is 1. The molecule has 22 heavy (non-hydrogen) atoms. The molecule has 0 radical (unpaired) electrons. The molecule has 0 saturated carbocycles. The number of nitrogen functional groups attached to an aromatic ring is 1. The van der Waals surface area contributed by atoms with Crippen molar-refractivity contribution >= 4 is 5.69 Å². The molecule has 0 unspecified atom stereocenters. The van der Waals surface area contributed by atoms with Gasteiger partial charge in [-0.2, -0.15) is 0 Å². The first-order chi connectivity index (χ1) is 10.5. The van der Waals surface area contributed by atoms with Crippen molar-refractivity contribution in [2.75, 3.05) is 5.73 Å². The van der Waals surface area contributed by atoms with Crippen molar-refractivity contribution in [1.82, 2.24) is 14.5 Å². The van der Waals surface area contributed by atoms with Crippen molar-refractivity contribution in [3.05, 3.63) is 54.4 Å². The van der Waals surface area contributed by atoms with Gasteiger partial charge in [0.25, 0.3) is 0 Å². The number of nitrogens with zero attached hydrogens (tertiary/aromatic N) is 3. The quantitative estimate of drug-likeness (QED) is 0.805. The van der Waals surface area contributed by atoms with Gasteiger partial charge in [-0.3, -0.25) is 0 Å². The summed E-state index contributed by atoms with van der Waals surface area (Å²) in [5.74, 6) is -0.422. The van der Waals surface area contributed by atoms with E-state index in [9.17, 15) is 4.39 Å². The summed E-state index contributed by atoms with van der Waals surface area (Å²) in [6, 6.07) is 6.54. The van der Waals surface area contributed by atoms with Gasteiger partial charge in [0.1, 0.15) is 0 Å². The van der Waals surface area contributed by atoms with Gasteiger partial charge >= 0.3 is 6.01 Å². The molecule has 3 rings (SSSR count). The third kappa shape index (κ3) is 2.76. The fourth-order valence-corrected chi connectivity index (χ4v) is 2.17. The van der Waals surface area contributed by atoms with E-state index in [0.717, 1.165) is 11.3 Å². The minimum Gasteiger partial charge on any atom is -0.421 e. The number of hydrogen-bond acceptors (Lipinski definition) is 4. The van der Waals surface area contributed by atoms with Gasteiger partial charge in [-0.25, -0.2) is 14.4 Å². The second kappa shape index (κ2) is 5.48. The summed E-state index contributed by atoms with van der Waals surface area (Å²) >= 11 is 0. The van der Waals surface area contributed by atoms with Crippen LogP contribution in [0.4, 0.5) is 10.1 Å². The zero-order valence-electron chi connectivity index (χ0n) is 12.2. The molecule has 5 nitrogen and oxygen atoms in total. The van der Waals surface area contributed by atoms with E-state index in [0.29, 0.717) is 11.3 Å². The summed E-state index contributed by atoms with van der Waals surface area (Å²) in [5.41, 5.74) is 8.72. The summed E-state index contributed by atoms with van der Waals surface area (Å²) in [6.45, 7) is 1.81. The Bertz CT molecular complexity index is 829. The fourth-order valence-electron chi connectivity index (χ4n) is 2.17. The third-order valence-electron chi connectivity index (χ3n) is 3.20. The summed E-state index contributed by atoms with van der Waals surface area (Å²) in [5, 5.41) is 0. The van der Waals surface area contributed by atoms with E-state index in [1.165, 1.54) is 6.07 Å². The second-order valence-electron chi connectivity index (χ2n) is 5.02. The Balaban J connectivity index is 1.91. The average molecular weight is 298 g/mol. The number of hydrogen-bond donors (Lipinski definition) is 1. The Labute approximate surface area is 127 Å². The number of nitrogens with two attached hydrogens (primary N) is 1. The van der Waals surface area contributed by atoms with Gasteiger partial charge in [0, 0.05) is 36.9 Å². The Kier molecular flexibility index (Phi) is 3.50. The topological polar surface area (TPSA) is 66.0 Å². The van der Waals surface area contributed by atoms with Crippen molar-refractivity contribution in [3.8, 4) is 22.9 Å². The van der Waals surface area contributed by atoms with Gasteiger partial charge in [-0.1, -0.05) is 6.07 Å². The van der Waals surface area contributed by atoms with E-state index < -0.39 is 5.82 Å². The first-order valence-electron chi connectivity index (χ1n) is 6.72. The maximum Gasteiger partial charge on any atom is 0.322 e. The number of aryl methyl sites for hydroxylation is 2. The van der Waals surface area contributed by atoms with Gasteiger partial charge in [0.05, 0.1) is 5.69 Å². The van der Waals surface area contributed by atoms with Crippen LogP contribution in [0.3, 0.4) is 0 Å². The Morgan fingerprint density at radius 2 is 2.05 bits per heavy atom. The van der Waals surface area contributed by atoms with Crippen LogP contribution in [0.1, 0.15) is 5.69 Å².